The Morgan fingerprint density at radius 2 is 1.60 bits per heavy atom. The van der Waals surface area contributed by atoms with Gasteiger partial charge in [0, 0.05) is 0 Å². The van der Waals surface area contributed by atoms with Crippen LogP contribution >= 0.6 is 0 Å². The second-order valence-electron chi connectivity index (χ2n) is 3.17. The quantitative estimate of drug-likeness (QED) is 0.521. The Labute approximate surface area is 65.3 Å². The molecule has 0 radical (unpaired) electrons. The lowest BCUT2D eigenvalue weighted by atomic mass is 9.84. The van der Waals surface area contributed by atoms with E-state index in [1.807, 2.05) is 0 Å². The van der Waals surface area contributed by atoms with Gasteiger partial charge in [0.25, 0.3) is 0 Å². The van der Waals surface area contributed by atoms with Crippen molar-refractivity contribution in [1.82, 2.24) is 0 Å². The van der Waals surface area contributed by atoms with Gasteiger partial charge in [0.15, 0.2) is 0 Å². The van der Waals surface area contributed by atoms with Crippen LogP contribution in [0.4, 0.5) is 0 Å². The van der Waals surface area contributed by atoms with Gasteiger partial charge in [0.2, 0.25) is 0 Å². The van der Waals surface area contributed by atoms with Crippen molar-refractivity contribution >= 4 is 0 Å². The summed E-state index contributed by atoms with van der Waals surface area (Å²) in [4.78, 5) is 0. The first-order valence-corrected chi connectivity index (χ1v) is 4.36. The molecule has 0 bridgehead atoms. The molecule has 0 aromatic rings. The van der Waals surface area contributed by atoms with Crippen molar-refractivity contribution in [2.75, 3.05) is 0 Å². The summed E-state index contributed by atoms with van der Waals surface area (Å²) >= 11 is 0. The van der Waals surface area contributed by atoms with Crippen LogP contribution in [0.25, 0.3) is 0 Å². The fraction of sp³-hybridized carbons (Fsp3) is 0.800. The van der Waals surface area contributed by atoms with E-state index in [9.17, 15) is 0 Å². The third-order valence-electron chi connectivity index (χ3n) is 2.37. The molecular weight excluding hydrogens is 120 g/mol. The summed E-state index contributed by atoms with van der Waals surface area (Å²) in [6.07, 6.45) is 8.29. The van der Waals surface area contributed by atoms with Crippen LogP contribution in [0.1, 0.15) is 47.0 Å². The first-order chi connectivity index (χ1) is 4.68. The highest BCUT2D eigenvalue weighted by Crippen LogP contribution is 2.26. The van der Waals surface area contributed by atoms with Crippen LogP contribution in [-0.2, 0) is 0 Å². The number of hydrogen-bond donors (Lipinski definition) is 0. The molecule has 0 rings (SSSR count). The molecule has 0 unspecified atom stereocenters. The summed E-state index contributed by atoms with van der Waals surface area (Å²) in [7, 11) is 0. The van der Waals surface area contributed by atoms with Gasteiger partial charge in [0.05, 0.1) is 0 Å². The molecule has 0 saturated heterocycles. The maximum absolute atomic E-state index is 2.35. The van der Waals surface area contributed by atoms with Gasteiger partial charge in [-0.25, -0.2) is 0 Å². The molecule has 0 heterocycles. The van der Waals surface area contributed by atoms with Crippen LogP contribution in [0.2, 0.25) is 0 Å². The molecule has 0 fully saturated rings. The summed E-state index contributed by atoms with van der Waals surface area (Å²) in [6, 6.07) is 0. The molecule has 0 heteroatoms. The van der Waals surface area contributed by atoms with Crippen molar-refractivity contribution in [3.05, 3.63) is 12.2 Å². The molecule has 60 valence electrons. The predicted molar refractivity (Wildman–Crippen MR) is 48.1 cm³/mol. The first-order valence-electron chi connectivity index (χ1n) is 4.36. The monoisotopic (exact) mass is 140 g/mol. The molecule has 0 saturated carbocycles. The average molecular weight is 140 g/mol. The maximum atomic E-state index is 2.35. The van der Waals surface area contributed by atoms with Crippen molar-refractivity contribution < 1.29 is 0 Å². The van der Waals surface area contributed by atoms with Crippen molar-refractivity contribution in [3.8, 4) is 0 Å². The summed E-state index contributed by atoms with van der Waals surface area (Å²) < 4.78 is 0. The van der Waals surface area contributed by atoms with Crippen molar-refractivity contribution in [2.45, 2.75) is 47.0 Å². The van der Waals surface area contributed by atoms with Gasteiger partial charge in [-0.3, -0.25) is 0 Å². The highest BCUT2D eigenvalue weighted by Gasteiger charge is 2.13. The Kier molecular flexibility index (Phi) is 4.42. The van der Waals surface area contributed by atoms with E-state index >= 15 is 0 Å². The zero-order valence-electron chi connectivity index (χ0n) is 7.78. The minimum Gasteiger partial charge on any atom is -0.0883 e. The third kappa shape index (κ3) is 3.05. The van der Waals surface area contributed by atoms with Crippen LogP contribution in [0, 0.1) is 5.41 Å². The molecular formula is C10H20. The van der Waals surface area contributed by atoms with Crippen LogP contribution in [0.3, 0.4) is 0 Å². The fourth-order valence-electron chi connectivity index (χ4n) is 0.888. The molecule has 0 aromatic carbocycles. The second-order valence-corrected chi connectivity index (χ2v) is 3.17. The molecule has 0 amide bonds. The van der Waals surface area contributed by atoms with Crippen molar-refractivity contribution in [3.63, 3.8) is 0 Å². The molecule has 0 atom stereocenters. The van der Waals surface area contributed by atoms with E-state index in [1.54, 1.807) is 0 Å². The number of rotatable bonds is 4. The van der Waals surface area contributed by atoms with Crippen molar-refractivity contribution in [1.29, 1.82) is 0 Å². The summed E-state index contributed by atoms with van der Waals surface area (Å²) in [6.45, 7) is 9.01. The maximum Gasteiger partial charge on any atom is -0.0152 e. The standard InChI is InChI=1S/C10H20/c1-5-8-9-10(4,6-2)7-3/h8-9H,5-7H2,1-4H3. The van der Waals surface area contributed by atoms with Gasteiger partial charge in [-0.15, -0.1) is 0 Å². The van der Waals surface area contributed by atoms with Crippen molar-refractivity contribution in [2.24, 2.45) is 5.41 Å². The molecule has 0 spiro atoms. The Bertz CT molecular complexity index is 96.6. The average Bonchev–Trinajstić information content (AvgIpc) is 2.00. The van der Waals surface area contributed by atoms with E-state index in [2.05, 4.69) is 39.8 Å². The molecule has 0 nitrogen and oxygen atoms in total. The molecule has 0 N–H and O–H groups in total. The molecule has 0 aromatic heterocycles. The van der Waals surface area contributed by atoms with Crippen LogP contribution in [-0.4, -0.2) is 0 Å². The Morgan fingerprint density at radius 3 is 1.90 bits per heavy atom. The summed E-state index contributed by atoms with van der Waals surface area (Å²) in [5.74, 6) is 0. The zero-order valence-corrected chi connectivity index (χ0v) is 7.78. The van der Waals surface area contributed by atoms with Crippen LogP contribution in [0.5, 0.6) is 0 Å². The van der Waals surface area contributed by atoms with Gasteiger partial charge < -0.3 is 0 Å². The number of hydrogen-bond acceptors (Lipinski definition) is 0. The molecule has 0 aliphatic heterocycles. The largest absolute Gasteiger partial charge is 0.0883 e. The van der Waals surface area contributed by atoms with Gasteiger partial charge in [-0.1, -0.05) is 39.8 Å². The molecule has 0 aliphatic rings. The fourth-order valence-corrected chi connectivity index (χ4v) is 0.888. The Morgan fingerprint density at radius 1 is 1.10 bits per heavy atom. The minimum absolute atomic E-state index is 0.454. The van der Waals surface area contributed by atoms with Gasteiger partial charge in [0.1, 0.15) is 0 Å². The topological polar surface area (TPSA) is 0 Å². The third-order valence-corrected chi connectivity index (χ3v) is 2.37. The van der Waals surface area contributed by atoms with E-state index in [1.165, 1.54) is 12.8 Å². The van der Waals surface area contributed by atoms with Gasteiger partial charge >= 0.3 is 0 Å². The number of allylic oxidation sites excluding steroid dienone is 2. The highest BCUT2D eigenvalue weighted by atomic mass is 14.2. The lowest BCUT2D eigenvalue weighted by Gasteiger charge is -2.21. The van der Waals surface area contributed by atoms with Crippen LogP contribution < -0.4 is 0 Å². The zero-order chi connectivity index (χ0) is 8.04. The minimum atomic E-state index is 0.454. The second kappa shape index (κ2) is 4.54. The highest BCUT2D eigenvalue weighted by molar-refractivity contribution is 4.95. The Hall–Kier alpha value is -0.260. The van der Waals surface area contributed by atoms with E-state index < -0.39 is 0 Å². The van der Waals surface area contributed by atoms with E-state index in [4.69, 9.17) is 0 Å². The normalized spacial score (nSPS) is 12.8. The van der Waals surface area contributed by atoms with E-state index in [0.717, 1.165) is 6.42 Å². The van der Waals surface area contributed by atoms with Gasteiger partial charge in [-0.05, 0) is 24.7 Å². The smallest absolute Gasteiger partial charge is 0.0152 e. The first kappa shape index (κ1) is 9.74. The molecule has 10 heavy (non-hydrogen) atoms. The Balaban J connectivity index is 3.92. The van der Waals surface area contributed by atoms with E-state index in [0.29, 0.717) is 5.41 Å². The summed E-state index contributed by atoms with van der Waals surface area (Å²) in [5, 5.41) is 0. The lowest BCUT2D eigenvalue weighted by molar-refractivity contribution is 0.395. The van der Waals surface area contributed by atoms with E-state index in [-0.39, 0.29) is 0 Å². The van der Waals surface area contributed by atoms with Gasteiger partial charge in [-0.2, -0.15) is 0 Å². The predicted octanol–water partition coefficient (Wildman–Crippen LogP) is 3.78. The lowest BCUT2D eigenvalue weighted by Crippen LogP contribution is -2.08. The SMILES string of the molecule is CCC=CC(C)(CC)CC. The molecule has 0 aliphatic carbocycles. The van der Waals surface area contributed by atoms with Crippen LogP contribution in [0.15, 0.2) is 12.2 Å². The summed E-state index contributed by atoms with van der Waals surface area (Å²) in [5.41, 5.74) is 0.454.